The molecule has 0 radical (unpaired) electrons. The maximum absolute atomic E-state index is 4.42. The molecule has 2 aromatic heterocycles. The lowest BCUT2D eigenvalue weighted by molar-refractivity contribution is 0.166. The van der Waals surface area contributed by atoms with Crippen LogP contribution >= 0.6 is 0 Å². The van der Waals surface area contributed by atoms with Crippen LogP contribution in [-0.4, -0.2) is 47.0 Å². The first-order valence-electron chi connectivity index (χ1n) is 8.72. The van der Waals surface area contributed by atoms with Gasteiger partial charge in [-0.3, -0.25) is 9.88 Å². The number of piperidine rings is 1. The molecule has 1 aliphatic heterocycles. The van der Waals surface area contributed by atoms with Crippen molar-refractivity contribution in [2.75, 3.05) is 32.1 Å². The van der Waals surface area contributed by atoms with Gasteiger partial charge in [0.15, 0.2) is 0 Å². The van der Waals surface area contributed by atoms with E-state index in [1.807, 2.05) is 44.5 Å². The second kappa shape index (κ2) is 7.71. The third-order valence-corrected chi connectivity index (χ3v) is 4.60. The van der Waals surface area contributed by atoms with Crippen molar-refractivity contribution in [3.8, 4) is 0 Å². The monoisotopic (exact) mass is 325 g/mol. The average molecular weight is 325 g/mol. The van der Waals surface area contributed by atoms with Crippen LogP contribution in [0.25, 0.3) is 0 Å². The fourth-order valence-corrected chi connectivity index (χ4v) is 3.33. The van der Waals surface area contributed by atoms with Crippen molar-refractivity contribution in [2.24, 2.45) is 5.92 Å². The van der Waals surface area contributed by atoms with E-state index < -0.39 is 0 Å². The molecule has 24 heavy (non-hydrogen) atoms. The molecule has 0 spiro atoms. The van der Waals surface area contributed by atoms with Gasteiger partial charge in [0, 0.05) is 57.0 Å². The van der Waals surface area contributed by atoms with Crippen LogP contribution in [0, 0.1) is 12.8 Å². The number of hydrogen-bond donors (Lipinski definition) is 0. The molecular formula is C19H27N5. The Hall–Kier alpha value is -2.01. The Kier molecular flexibility index (Phi) is 5.41. The summed E-state index contributed by atoms with van der Waals surface area (Å²) in [6.45, 7) is 5.29. The van der Waals surface area contributed by atoms with E-state index in [1.54, 1.807) is 0 Å². The van der Waals surface area contributed by atoms with E-state index in [-0.39, 0.29) is 0 Å². The summed E-state index contributed by atoms with van der Waals surface area (Å²) >= 11 is 0. The summed E-state index contributed by atoms with van der Waals surface area (Å²) in [5, 5.41) is 0. The van der Waals surface area contributed by atoms with Crippen LogP contribution in [0.1, 0.15) is 29.7 Å². The smallest absolute Gasteiger partial charge is 0.224 e. The Labute approximate surface area is 144 Å². The minimum Gasteiger partial charge on any atom is -0.347 e. The third kappa shape index (κ3) is 4.51. The van der Waals surface area contributed by atoms with Crippen molar-refractivity contribution in [1.82, 2.24) is 19.9 Å². The summed E-state index contributed by atoms with van der Waals surface area (Å²) in [6, 6.07) is 4.33. The van der Waals surface area contributed by atoms with Crippen LogP contribution in [0.4, 0.5) is 5.95 Å². The molecule has 5 nitrogen and oxygen atoms in total. The van der Waals surface area contributed by atoms with Crippen LogP contribution < -0.4 is 4.90 Å². The second-order valence-electron chi connectivity index (χ2n) is 7.04. The number of anilines is 1. The van der Waals surface area contributed by atoms with E-state index >= 15 is 0 Å². The van der Waals surface area contributed by atoms with Gasteiger partial charge in [0.25, 0.3) is 0 Å². The zero-order chi connectivity index (χ0) is 16.9. The fraction of sp³-hybridized carbons (Fsp3) is 0.526. The number of aromatic nitrogens is 3. The molecule has 1 fully saturated rings. The SMILES string of the molecule is Cc1ccc(CC2CCCN(Cc3cnc(N(C)C)nc3)C2)cn1. The molecule has 0 saturated carbocycles. The third-order valence-electron chi connectivity index (χ3n) is 4.60. The lowest BCUT2D eigenvalue weighted by atomic mass is 9.91. The van der Waals surface area contributed by atoms with Gasteiger partial charge in [-0.05, 0) is 50.3 Å². The Morgan fingerprint density at radius 1 is 1.08 bits per heavy atom. The second-order valence-corrected chi connectivity index (χ2v) is 7.04. The first-order valence-corrected chi connectivity index (χ1v) is 8.72. The maximum atomic E-state index is 4.42. The Bertz CT molecular complexity index is 636. The number of rotatable bonds is 5. The van der Waals surface area contributed by atoms with Crippen molar-refractivity contribution >= 4 is 5.95 Å². The Balaban J connectivity index is 1.56. The maximum Gasteiger partial charge on any atom is 0.224 e. The zero-order valence-corrected chi connectivity index (χ0v) is 14.9. The highest BCUT2D eigenvalue weighted by molar-refractivity contribution is 5.26. The van der Waals surface area contributed by atoms with E-state index in [2.05, 4.69) is 32.0 Å². The number of likely N-dealkylation sites (tertiary alicyclic amines) is 1. The molecule has 1 saturated heterocycles. The summed E-state index contributed by atoms with van der Waals surface area (Å²) in [5.74, 6) is 1.48. The van der Waals surface area contributed by atoms with Crippen molar-refractivity contribution in [2.45, 2.75) is 32.7 Å². The van der Waals surface area contributed by atoms with Gasteiger partial charge in [0.05, 0.1) is 0 Å². The summed E-state index contributed by atoms with van der Waals surface area (Å²) in [4.78, 5) is 17.7. The van der Waals surface area contributed by atoms with Crippen LogP contribution in [0.2, 0.25) is 0 Å². The van der Waals surface area contributed by atoms with Crippen LogP contribution in [0.3, 0.4) is 0 Å². The van der Waals surface area contributed by atoms with Gasteiger partial charge in [-0.25, -0.2) is 9.97 Å². The molecule has 128 valence electrons. The topological polar surface area (TPSA) is 45.2 Å². The first kappa shape index (κ1) is 16.8. The highest BCUT2D eigenvalue weighted by Gasteiger charge is 2.20. The van der Waals surface area contributed by atoms with E-state index in [9.17, 15) is 0 Å². The number of pyridine rings is 1. The number of nitrogens with zero attached hydrogens (tertiary/aromatic N) is 5. The predicted molar refractivity (Wildman–Crippen MR) is 97.0 cm³/mol. The van der Waals surface area contributed by atoms with E-state index in [0.29, 0.717) is 5.92 Å². The molecule has 0 amide bonds. The van der Waals surface area contributed by atoms with Gasteiger partial charge in [-0.15, -0.1) is 0 Å². The van der Waals surface area contributed by atoms with E-state index in [4.69, 9.17) is 0 Å². The predicted octanol–water partition coefficient (Wildman–Crippen LogP) is 2.70. The molecule has 2 aromatic rings. The van der Waals surface area contributed by atoms with Gasteiger partial charge in [-0.1, -0.05) is 6.07 Å². The van der Waals surface area contributed by atoms with Gasteiger partial charge in [-0.2, -0.15) is 0 Å². The van der Waals surface area contributed by atoms with Crippen molar-refractivity contribution in [1.29, 1.82) is 0 Å². The number of hydrogen-bond acceptors (Lipinski definition) is 5. The molecule has 3 heterocycles. The molecular weight excluding hydrogens is 298 g/mol. The molecule has 0 aliphatic carbocycles. The minimum absolute atomic E-state index is 0.713. The van der Waals surface area contributed by atoms with Crippen molar-refractivity contribution in [3.63, 3.8) is 0 Å². The number of aryl methyl sites for hydroxylation is 1. The van der Waals surface area contributed by atoms with E-state index in [0.717, 1.165) is 37.7 Å². The summed E-state index contributed by atoms with van der Waals surface area (Å²) < 4.78 is 0. The van der Waals surface area contributed by atoms with Gasteiger partial charge < -0.3 is 4.90 Å². The lowest BCUT2D eigenvalue weighted by Gasteiger charge is -2.32. The lowest BCUT2D eigenvalue weighted by Crippen LogP contribution is -2.35. The minimum atomic E-state index is 0.713. The molecule has 1 unspecified atom stereocenters. The Morgan fingerprint density at radius 3 is 2.50 bits per heavy atom. The first-order chi connectivity index (χ1) is 11.6. The summed E-state index contributed by atoms with van der Waals surface area (Å²) in [6.07, 6.45) is 9.63. The molecule has 5 heteroatoms. The fourth-order valence-electron chi connectivity index (χ4n) is 3.33. The van der Waals surface area contributed by atoms with Crippen molar-refractivity contribution in [3.05, 3.63) is 47.5 Å². The van der Waals surface area contributed by atoms with Gasteiger partial charge in [0.1, 0.15) is 0 Å². The quantitative estimate of drug-likeness (QED) is 0.846. The summed E-state index contributed by atoms with van der Waals surface area (Å²) in [5.41, 5.74) is 3.63. The van der Waals surface area contributed by atoms with Crippen molar-refractivity contribution < 1.29 is 0 Å². The standard InChI is InChI=1S/C19H27N5/c1-15-6-7-16(10-20-15)9-17-5-4-8-24(13-17)14-18-11-21-19(22-12-18)23(2)3/h6-7,10-12,17H,4-5,8-9,13-14H2,1-3H3. The molecule has 3 rings (SSSR count). The molecule has 0 bridgehead atoms. The van der Waals surface area contributed by atoms with Crippen LogP contribution in [0.5, 0.6) is 0 Å². The molecule has 0 aromatic carbocycles. The largest absolute Gasteiger partial charge is 0.347 e. The highest BCUT2D eigenvalue weighted by atomic mass is 15.2. The molecule has 1 aliphatic rings. The van der Waals surface area contributed by atoms with Crippen LogP contribution in [0.15, 0.2) is 30.7 Å². The molecule has 0 N–H and O–H groups in total. The van der Waals surface area contributed by atoms with E-state index in [1.165, 1.54) is 24.0 Å². The highest BCUT2D eigenvalue weighted by Crippen LogP contribution is 2.22. The van der Waals surface area contributed by atoms with Crippen LogP contribution in [-0.2, 0) is 13.0 Å². The van der Waals surface area contributed by atoms with Gasteiger partial charge in [0.2, 0.25) is 5.95 Å². The average Bonchev–Trinajstić information content (AvgIpc) is 2.58. The normalized spacial score (nSPS) is 18.5. The summed E-state index contributed by atoms with van der Waals surface area (Å²) in [7, 11) is 3.92. The molecule has 1 atom stereocenters. The van der Waals surface area contributed by atoms with Gasteiger partial charge >= 0.3 is 0 Å². The Morgan fingerprint density at radius 2 is 1.83 bits per heavy atom. The zero-order valence-electron chi connectivity index (χ0n) is 14.9.